The lowest BCUT2D eigenvalue weighted by molar-refractivity contribution is -0.129. The molecule has 3 rings (SSSR count). The van der Waals surface area contributed by atoms with Gasteiger partial charge in [0.1, 0.15) is 0 Å². The highest BCUT2D eigenvalue weighted by molar-refractivity contribution is 7.13. The van der Waals surface area contributed by atoms with Crippen LogP contribution in [-0.2, 0) is 28.9 Å². The third-order valence-corrected chi connectivity index (χ3v) is 5.70. The summed E-state index contributed by atoms with van der Waals surface area (Å²) in [5.74, 6) is 5.06. The van der Waals surface area contributed by atoms with Crippen LogP contribution < -0.4 is 16.2 Å². The summed E-state index contributed by atoms with van der Waals surface area (Å²) in [6.45, 7) is 4.82. The number of nitrogens with two attached hydrogens (primary N) is 1. The minimum Gasteiger partial charge on any atom is -0.345 e. The van der Waals surface area contributed by atoms with Crippen molar-refractivity contribution >= 4 is 28.3 Å². The number of hydrogen-bond acceptors (Lipinski definition) is 6. The second kappa shape index (κ2) is 8.96. The highest BCUT2D eigenvalue weighted by Crippen LogP contribution is 2.23. The fourth-order valence-electron chi connectivity index (χ4n) is 3.10. The van der Waals surface area contributed by atoms with E-state index in [9.17, 15) is 9.59 Å². The largest absolute Gasteiger partial charge is 0.345 e. The molecule has 2 aromatic rings. The molecule has 0 spiro atoms. The zero-order valence-electron chi connectivity index (χ0n) is 15.5. The van der Waals surface area contributed by atoms with E-state index in [1.807, 2.05) is 29.2 Å². The van der Waals surface area contributed by atoms with Crippen LogP contribution in [0.25, 0.3) is 0 Å². The first-order valence-corrected chi connectivity index (χ1v) is 9.95. The Hall–Kier alpha value is -2.45. The summed E-state index contributed by atoms with van der Waals surface area (Å²) >= 11 is 1.67. The van der Waals surface area contributed by atoms with Gasteiger partial charge in [-0.25, -0.2) is 10.8 Å². The van der Waals surface area contributed by atoms with E-state index in [-0.39, 0.29) is 11.8 Å². The number of hydrogen-bond donors (Lipinski definition) is 2. The Bertz CT molecular complexity index is 782. The number of carbonyl (C=O) groups is 2. The van der Waals surface area contributed by atoms with Gasteiger partial charge in [0.05, 0.1) is 12.1 Å². The highest BCUT2D eigenvalue weighted by Gasteiger charge is 2.20. The number of rotatable bonds is 6. The first-order chi connectivity index (χ1) is 13.0. The van der Waals surface area contributed by atoms with E-state index in [0.717, 1.165) is 55.4 Å². The summed E-state index contributed by atoms with van der Waals surface area (Å²) in [7, 11) is 0. The summed E-state index contributed by atoms with van der Waals surface area (Å²) < 4.78 is 0. The molecule has 0 aliphatic carbocycles. The number of piperazine rings is 1. The number of hydrazine groups is 1. The lowest BCUT2D eigenvalue weighted by atomic mass is 10.0. The van der Waals surface area contributed by atoms with E-state index < -0.39 is 0 Å². The molecule has 2 amide bonds. The van der Waals surface area contributed by atoms with Crippen molar-refractivity contribution in [3.8, 4) is 0 Å². The maximum absolute atomic E-state index is 11.4. The number of nitrogens with one attached hydrogen (secondary N) is 1. The summed E-state index contributed by atoms with van der Waals surface area (Å²) in [5.41, 5.74) is 5.40. The number of nitrogens with zero attached hydrogens (tertiary/aromatic N) is 3. The summed E-state index contributed by atoms with van der Waals surface area (Å²) in [4.78, 5) is 31.6. The van der Waals surface area contributed by atoms with Gasteiger partial charge in [-0.1, -0.05) is 24.3 Å². The van der Waals surface area contributed by atoms with Gasteiger partial charge in [0, 0.05) is 38.5 Å². The predicted molar refractivity (Wildman–Crippen MR) is 106 cm³/mol. The van der Waals surface area contributed by atoms with Crippen molar-refractivity contribution in [2.75, 3.05) is 31.1 Å². The zero-order valence-corrected chi connectivity index (χ0v) is 16.3. The van der Waals surface area contributed by atoms with Crippen molar-refractivity contribution < 1.29 is 9.59 Å². The summed E-state index contributed by atoms with van der Waals surface area (Å²) in [6.07, 6.45) is 2.08. The number of anilines is 1. The van der Waals surface area contributed by atoms with Crippen LogP contribution in [0.5, 0.6) is 0 Å². The molecule has 0 saturated carbocycles. The minimum absolute atomic E-state index is 0.143. The molecule has 2 heterocycles. The molecular formula is C19H25N5O2S. The fraction of sp³-hybridized carbons (Fsp3) is 0.421. The third-order valence-electron chi connectivity index (χ3n) is 4.75. The lowest BCUT2D eigenvalue weighted by Crippen LogP contribution is -2.48. The van der Waals surface area contributed by atoms with Gasteiger partial charge in [-0.15, -0.1) is 11.3 Å². The number of carbonyl (C=O) groups excluding carboxylic acids is 2. The van der Waals surface area contributed by atoms with Gasteiger partial charge in [0.2, 0.25) is 11.8 Å². The van der Waals surface area contributed by atoms with E-state index >= 15 is 0 Å². The molecule has 0 radical (unpaired) electrons. The normalized spacial score (nSPS) is 14.3. The molecule has 1 aliphatic heterocycles. The Morgan fingerprint density at radius 3 is 2.41 bits per heavy atom. The van der Waals surface area contributed by atoms with Gasteiger partial charge < -0.3 is 9.80 Å². The Labute approximate surface area is 163 Å². The number of amides is 2. The molecule has 0 bridgehead atoms. The number of aryl methyl sites for hydroxylation is 2. The van der Waals surface area contributed by atoms with Gasteiger partial charge >= 0.3 is 0 Å². The Morgan fingerprint density at radius 2 is 1.78 bits per heavy atom. The van der Waals surface area contributed by atoms with Gasteiger partial charge in [-0.05, 0) is 24.0 Å². The van der Waals surface area contributed by atoms with Crippen molar-refractivity contribution in [3.63, 3.8) is 0 Å². The van der Waals surface area contributed by atoms with Crippen LogP contribution in [-0.4, -0.2) is 47.9 Å². The smallest absolute Gasteiger partial charge is 0.238 e. The molecule has 1 fully saturated rings. The van der Waals surface area contributed by atoms with Crippen LogP contribution in [0.3, 0.4) is 0 Å². The SMILES string of the molecule is CC(=O)N1CCN(c2nc(CCc3ccc(CC(=O)NN)cc3)cs2)CC1. The average Bonchev–Trinajstić information content (AvgIpc) is 3.16. The molecule has 8 heteroatoms. The van der Waals surface area contributed by atoms with E-state index in [4.69, 9.17) is 10.8 Å². The molecule has 7 nitrogen and oxygen atoms in total. The minimum atomic E-state index is -0.193. The van der Waals surface area contributed by atoms with Crippen molar-refractivity contribution in [2.45, 2.75) is 26.2 Å². The van der Waals surface area contributed by atoms with Gasteiger partial charge in [-0.3, -0.25) is 15.0 Å². The van der Waals surface area contributed by atoms with Crippen molar-refractivity contribution in [2.24, 2.45) is 5.84 Å². The summed E-state index contributed by atoms with van der Waals surface area (Å²) in [6, 6.07) is 8.03. The van der Waals surface area contributed by atoms with E-state index in [1.54, 1.807) is 18.3 Å². The topological polar surface area (TPSA) is 91.6 Å². The fourth-order valence-corrected chi connectivity index (χ4v) is 4.02. The quantitative estimate of drug-likeness (QED) is 0.440. The Morgan fingerprint density at radius 1 is 1.11 bits per heavy atom. The van der Waals surface area contributed by atoms with Crippen LogP contribution in [0.4, 0.5) is 5.13 Å². The maximum atomic E-state index is 11.4. The average molecular weight is 388 g/mol. The van der Waals surface area contributed by atoms with E-state index in [2.05, 4.69) is 15.7 Å². The molecule has 27 heavy (non-hydrogen) atoms. The molecule has 3 N–H and O–H groups in total. The second-order valence-electron chi connectivity index (χ2n) is 6.68. The Kier molecular flexibility index (Phi) is 6.41. The van der Waals surface area contributed by atoms with E-state index in [0.29, 0.717) is 6.42 Å². The van der Waals surface area contributed by atoms with Gasteiger partial charge in [-0.2, -0.15) is 0 Å². The van der Waals surface area contributed by atoms with Crippen LogP contribution in [0, 0.1) is 0 Å². The molecule has 1 saturated heterocycles. The maximum Gasteiger partial charge on any atom is 0.238 e. The van der Waals surface area contributed by atoms with Crippen molar-refractivity contribution in [1.82, 2.24) is 15.3 Å². The molecular weight excluding hydrogens is 362 g/mol. The molecule has 1 aliphatic rings. The lowest BCUT2D eigenvalue weighted by Gasteiger charge is -2.33. The third kappa shape index (κ3) is 5.27. The second-order valence-corrected chi connectivity index (χ2v) is 7.51. The van der Waals surface area contributed by atoms with Crippen molar-refractivity contribution in [1.29, 1.82) is 0 Å². The number of aromatic nitrogens is 1. The van der Waals surface area contributed by atoms with Crippen LogP contribution in [0.15, 0.2) is 29.6 Å². The number of benzene rings is 1. The first kappa shape index (κ1) is 19.3. The zero-order chi connectivity index (χ0) is 19.2. The summed E-state index contributed by atoms with van der Waals surface area (Å²) in [5, 5.41) is 3.16. The Balaban J connectivity index is 1.50. The standard InChI is InChI=1S/C19H25N5O2S/c1-14(25)23-8-10-24(11-9-23)19-21-17(13-27-19)7-6-15-2-4-16(5-3-15)12-18(26)22-20/h2-5,13H,6-12,20H2,1H3,(H,22,26). The van der Waals surface area contributed by atoms with Crippen LogP contribution in [0.2, 0.25) is 0 Å². The van der Waals surface area contributed by atoms with E-state index in [1.165, 1.54) is 5.56 Å². The monoisotopic (exact) mass is 387 g/mol. The molecule has 1 aromatic carbocycles. The van der Waals surface area contributed by atoms with Crippen LogP contribution >= 0.6 is 11.3 Å². The molecule has 0 unspecified atom stereocenters. The van der Waals surface area contributed by atoms with Gasteiger partial charge in [0.15, 0.2) is 5.13 Å². The van der Waals surface area contributed by atoms with Crippen molar-refractivity contribution in [3.05, 3.63) is 46.5 Å². The number of thiazole rings is 1. The molecule has 1 aromatic heterocycles. The molecule has 144 valence electrons. The first-order valence-electron chi connectivity index (χ1n) is 9.07. The highest BCUT2D eigenvalue weighted by atomic mass is 32.1. The van der Waals surface area contributed by atoms with Crippen LogP contribution in [0.1, 0.15) is 23.7 Å². The molecule has 0 atom stereocenters. The predicted octanol–water partition coefficient (Wildman–Crippen LogP) is 1.13. The van der Waals surface area contributed by atoms with Gasteiger partial charge in [0.25, 0.3) is 0 Å².